The van der Waals surface area contributed by atoms with E-state index in [0.29, 0.717) is 0 Å². The van der Waals surface area contributed by atoms with Gasteiger partial charge in [0.25, 0.3) is 0 Å². The lowest BCUT2D eigenvalue weighted by Crippen LogP contribution is -2.47. The largest absolute Gasteiger partial charge is 0.459 e. The third kappa shape index (κ3) is 7.34. The summed E-state index contributed by atoms with van der Waals surface area (Å²) in [6.45, 7) is 3.36. The number of aryl methyl sites for hydroxylation is 1. The topological polar surface area (TPSA) is 72.9 Å². The number of alkyl halides is 1. The Kier molecular flexibility index (Phi) is 8.86. The van der Waals surface area contributed by atoms with Crippen LogP contribution in [0.1, 0.15) is 23.6 Å². The maximum atomic E-state index is 12.4. The van der Waals surface area contributed by atoms with Gasteiger partial charge in [0.15, 0.2) is 0 Å². The summed E-state index contributed by atoms with van der Waals surface area (Å²) in [4.78, 5) is 38.0. The first-order chi connectivity index (χ1) is 13.9. The average Bonchev–Trinajstić information content (AvgIpc) is 2.75. The minimum atomic E-state index is -0.921. The molecule has 2 aromatic rings. The van der Waals surface area contributed by atoms with Crippen LogP contribution >= 0.6 is 15.9 Å². The summed E-state index contributed by atoms with van der Waals surface area (Å²) in [5.41, 5.74) is 2.79. The van der Waals surface area contributed by atoms with Crippen molar-refractivity contribution >= 4 is 33.8 Å². The number of nitrogens with zero attached hydrogens (tertiary/aromatic N) is 1. The van der Waals surface area contributed by atoms with Crippen LogP contribution in [0.3, 0.4) is 0 Å². The van der Waals surface area contributed by atoms with Crippen molar-refractivity contribution < 1.29 is 23.9 Å². The SMILES string of the molecule is Cc1ccc(COC(=O)CN(C(=O)CBr)[C@@H](C)C(=O)OCc2ccccc2)cc1. The van der Waals surface area contributed by atoms with Crippen LogP contribution in [-0.4, -0.2) is 40.7 Å². The molecule has 7 heteroatoms. The van der Waals surface area contributed by atoms with Gasteiger partial charge in [-0.05, 0) is 25.0 Å². The van der Waals surface area contributed by atoms with E-state index in [1.54, 1.807) is 0 Å². The molecule has 0 heterocycles. The summed E-state index contributed by atoms with van der Waals surface area (Å²) >= 11 is 3.09. The van der Waals surface area contributed by atoms with Crippen LogP contribution in [-0.2, 0) is 37.1 Å². The average molecular weight is 462 g/mol. The number of carbonyl (C=O) groups is 3. The van der Waals surface area contributed by atoms with E-state index >= 15 is 0 Å². The normalized spacial score (nSPS) is 11.4. The van der Waals surface area contributed by atoms with Crippen molar-refractivity contribution in [3.8, 4) is 0 Å². The van der Waals surface area contributed by atoms with Crippen molar-refractivity contribution in [1.29, 1.82) is 0 Å². The third-order valence-corrected chi connectivity index (χ3v) is 4.77. The lowest BCUT2D eigenvalue weighted by molar-refractivity contribution is -0.159. The summed E-state index contributed by atoms with van der Waals surface area (Å²) in [5.74, 6) is -1.58. The highest BCUT2D eigenvalue weighted by Gasteiger charge is 2.29. The van der Waals surface area contributed by atoms with E-state index in [4.69, 9.17) is 9.47 Å². The molecule has 154 valence electrons. The van der Waals surface area contributed by atoms with Gasteiger partial charge in [0, 0.05) is 0 Å². The van der Waals surface area contributed by atoms with E-state index < -0.39 is 23.9 Å². The zero-order chi connectivity index (χ0) is 21.2. The minimum Gasteiger partial charge on any atom is -0.459 e. The number of ether oxygens (including phenoxy) is 2. The molecule has 0 radical (unpaired) electrons. The molecule has 0 N–H and O–H groups in total. The maximum Gasteiger partial charge on any atom is 0.328 e. The van der Waals surface area contributed by atoms with Crippen molar-refractivity contribution in [2.75, 3.05) is 11.9 Å². The Balaban J connectivity index is 1.92. The number of amides is 1. The molecule has 1 amide bonds. The highest BCUT2D eigenvalue weighted by atomic mass is 79.9. The fraction of sp³-hybridized carbons (Fsp3) is 0.318. The van der Waals surface area contributed by atoms with E-state index in [1.165, 1.54) is 6.92 Å². The lowest BCUT2D eigenvalue weighted by Gasteiger charge is -2.26. The quantitative estimate of drug-likeness (QED) is 0.422. The van der Waals surface area contributed by atoms with Gasteiger partial charge in [0.2, 0.25) is 5.91 Å². The van der Waals surface area contributed by atoms with Crippen LogP contribution in [0.25, 0.3) is 0 Å². The molecule has 0 bridgehead atoms. The van der Waals surface area contributed by atoms with Crippen molar-refractivity contribution in [3.05, 3.63) is 71.3 Å². The van der Waals surface area contributed by atoms with Crippen LogP contribution in [0, 0.1) is 6.92 Å². The Morgan fingerprint density at radius 3 is 2.14 bits per heavy atom. The second-order valence-corrected chi connectivity index (χ2v) is 7.13. The molecular formula is C22H24BrNO5. The van der Waals surface area contributed by atoms with Crippen molar-refractivity contribution in [1.82, 2.24) is 4.90 Å². The van der Waals surface area contributed by atoms with E-state index in [2.05, 4.69) is 15.9 Å². The summed E-state index contributed by atoms with van der Waals surface area (Å²) in [6, 6.07) is 15.9. The molecule has 0 saturated carbocycles. The Labute approximate surface area is 178 Å². The predicted octanol–water partition coefficient (Wildman–Crippen LogP) is 3.39. The molecule has 0 unspecified atom stereocenters. The first-order valence-electron chi connectivity index (χ1n) is 9.18. The van der Waals surface area contributed by atoms with Crippen LogP contribution in [0.5, 0.6) is 0 Å². The fourth-order valence-electron chi connectivity index (χ4n) is 2.53. The van der Waals surface area contributed by atoms with Gasteiger partial charge < -0.3 is 14.4 Å². The lowest BCUT2D eigenvalue weighted by atomic mass is 10.2. The van der Waals surface area contributed by atoms with Gasteiger partial charge in [-0.25, -0.2) is 4.79 Å². The van der Waals surface area contributed by atoms with Crippen molar-refractivity contribution in [3.63, 3.8) is 0 Å². The molecule has 29 heavy (non-hydrogen) atoms. The Morgan fingerprint density at radius 1 is 0.931 bits per heavy atom. The van der Waals surface area contributed by atoms with Crippen LogP contribution in [0.2, 0.25) is 0 Å². The van der Waals surface area contributed by atoms with Gasteiger partial charge >= 0.3 is 11.9 Å². The highest BCUT2D eigenvalue weighted by molar-refractivity contribution is 9.09. The monoisotopic (exact) mass is 461 g/mol. The number of carbonyl (C=O) groups excluding carboxylic acids is 3. The molecule has 0 saturated heterocycles. The molecule has 1 atom stereocenters. The third-order valence-electron chi connectivity index (χ3n) is 4.29. The van der Waals surface area contributed by atoms with Crippen LogP contribution in [0.4, 0.5) is 0 Å². The standard InChI is InChI=1S/C22H24BrNO5/c1-16-8-10-19(11-9-16)14-28-21(26)13-24(20(25)12-23)17(2)22(27)29-15-18-6-4-3-5-7-18/h3-11,17H,12-15H2,1-2H3/t17-/m0/s1. The molecule has 0 spiro atoms. The van der Waals surface area contributed by atoms with Gasteiger partial charge in [-0.1, -0.05) is 76.1 Å². The number of benzene rings is 2. The number of hydrogen-bond donors (Lipinski definition) is 0. The molecular weight excluding hydrogens is 438 g/mol. The van der Waals surface area contributed by atoms with Crippen molar-refractivity contribution in [2.45, 2.75) is 33.1 Å². The summed E-state index contributed by atoms with van der Waals surface area (Å²) in [5, 5.41) is -0.0193. The summed E-state index contributed by atoms with van der Waals surface area (Å²) in [7, 11) is 0. The van der Waals surface area contributed by atoms with Gasteiger partial charge in [-0.2, -0.15) is 0 Å². The second-order valence-electron chi connectivity index (χ2n) is 6.57. The van der Waals surface area contributed by atoms with Gasteiger partial charge in [-0.15, -0.1) is 0 Å². The fourth-order valence-corrected chi connectivity index (χ4v) is 2.85. The number of halogens is 1. The first kappa shape index (κ1) is 22.6. The van der Waals surface area contributed by atoms with Gasteiger partial charge in [0.05, 0.1) is 5.33 Å². The Morgan fingerprint density at radius 2 is 1.52 bits per heavy atom. The molecule has 2 aromatic carbocycles. The Hall–Kier alpha value is -2.67. The van der Waals surface area contributed by atoms with Crippen LogP contribution < -0.4 is 0 Å². The molecule has 0 aliphatic heterocycles. The predicted molar refractivity (Wildman–Crippen MR) is 112 cm³/mol. The van der Waals surface area contributed by atoms with Crippen molar-refractivity contribution in [2.24, 2.45) is 0 Å². The zero-order valence-electron chi connectivity index (χ0n) is 16.5. The zero-order valence-corrected chi connectivity index (χ0v) is 18.1. The first-order valence-corrected chi connectivity index (χ1v) is 10.3. The molecule has 0 aromatic heterocycles. The highest BCUT2D eigenvalue weighted by Crippen LogP contribution is 2.09. The van der Waals surface area contributed by atoms with Gasteiger partial charge in [-0.3, -0.25) is 9.59 Å². The summed E-state index contributed by atoms with van der Waals surface area (Å²) in [6.07, 6.45) is 0. The maximum absolute atomic E-state index is 12.4. The smallest absolute Gasteiger partial charge is 0.328 e. The molecule has 0 aliphatic rings. The molecule has 0 fully saturated rings. The van der Waals surface area contributed by atoms with E-state index in [9.17, 15) is 14.4 Å². The molecule has 0 aliphatic carbocycles. The number of esters is 2. The van der Waals surface area contributed by atoms with E-state index in [0.717, 1.165) is 21.6 Å². The van der Waals surface area contributed by atoms with Crippen LogP contribution in [0.15, 0.2) is 54.6 Å². The van der Waals surface area contributed by atoms with Gasteiger partial charge in [0.1, 0.15) is 25.8 Å². The Bertz CT molecular complexity index is 823. The number of rotatable bonds is 9. The van der Waals surface area contributed by atoms with E-state index in [1.807, 2.05) is 61.5 Å². The number of hydrogen-bond acceptors (Lipinski definition) is 5. The van der Waals surface area contributed by atoms with E-state index in [-0.39, 0.29) is 25.1 Å². The summed E-state index contributed by atoms with van der Waals surface area (Å²) < 4.78 is 10.5. The second kappa shape index (κ2) is 11.4. The minimum absolute atomic E-state index is 0.0193. The molecule has 2 rings (SSSR count). The molecule has 6 nitrogen and oxygen atoms in total.